The molecule has 1 aliphatic rings. The van der Waals surface area contributed by atoms with Gasteiger partial charge in [0.25, 0.3) is 0 Å². The maximum atomic E-state index is 11.6. The van der Waals surface area contributed by atoms with E-state index < -0.39 is 6.04 Å². The van der Waals surface area contributed by atoms with Crippen molar-refractivity contribution < 1.29 is 14.3 Å². The maximum Gasteiger partial charge on any atom is 0.328 e. The third kappa shape index (κ3) is 3.45. The van der Waals surface area contributed by atoms with E-state index in [-0.39, 0.29) is 17.6 Å². The van der Waals surface area contributed by atoms with Crippen LogP contribution in [-0.4, -0.2) is 35.3 Å². The largest absolute Gasteiger partial charge is 0.464 e. The molecule has 0 radical (unpaired) electrons. The molecule has 6 heteroatoms. The molecule has 5 nitrogen and oxygen atoms in total. The fourth-order valence-electron chi connectivity index (χ4n) is 1.45. The molecule has 0 bridgehead atoms. The second-order valence-corrected chi connectivity index (χ2v) is 4.60. The van der Waals surface area contributed by atoms with Crippen molar-refractivity contribution in [1.29, 1.82) is 0 Å². The molecule has 17 heavy (non-hydrogen) atoms. The van der Waals surface area contributed by atoms with Crippen LogP contribution in [0, 0.1) is 0 Å². The van der Waals surface area contributed by atoms with E-state index in [1.807, 2.05) is 12.1 Å². The van der Waals surface area contributed by atoms with E-state index >= 15 is 0 Å². The van der Waals surface area contributed by atoms with Gasteiger partial charge in [0.15, 0.2) is 0 Å². The first-order chi connectivity index (χ1) is 8.25. The Labute approximate surface area is 103 Å². The summed E-state index contributed by atoms with van der Waals surface area (Å²) in [5, 5.41) is 2.65. The molecule has 1 saturated heterocycles. The highest BCUT2D eigenvalue weighted by atomic mass is 32.2. The molecule has 1 aromatic rings. The van der Waals surface area contributed by atoms with Crippen LogP contribution in [0.15, 0.2) is 29.4 Å². The summed E-state index contributed by atoms with van der Waals surface area (Å²) in [6, 6.07) is 3.20. The highest BCUT2D eigenvalue weighted by Gasteiger charge is 2.27. The van der Waals surface area contributed by atoms with E-state index in [1.54, 1.807) is 12.4 Å². The van der Waals surface area contributed by atoms with Crippen LogP contribution in [0.4, 0.5) is 0 Å². The monoisotopic (exact) mass is 252 g/mol. The second kappa shape index (κ2) is 5.67. The SMILES string of the molecule is O=C(CSc1ccncc1)NC1CCOC1=O. The first kappa shape index (κ1) is 11.9. The fourth-order valence-corrected chi connectivity index (χ4v) is 2.14. The van der Waals surface area contributed by atoms with Gasteiger partial charge in [-0.1, -0.05) is 0 Å². The number of thioether (sulfide) groups is 1. The molecular formula is C11H12N2O3S. The number of pyridine rings is 1. The second-order valence-electron chi connectivity index (χ2n) is 3.55. The summed E-state index contributed by atoms with van der Waals surface area (Å²) in [4.78, 5) is 27.6. The van der Waals surface area contributed by atoms with Gasteiger partial charge in [-0.05, 0) is 12.1 Å². The lowest BCUT2D eigenvalue weighted by molar-refractivity contribution is -0.141. The predicted octanol–water partition coefficient (Wildman–Crippen LogP) is 0.605. The Balaban J connectivity index is 1.76. The number of ether oxygens (including phenoxy) is 1. The number of nitrogens with one attached hydrogen (secondary N) is 1. The van der Waals surface area contributed by atoms with Crippen LogP contribution in [0.2, 0.25) is 0 Å². The molecule has 1 aliphatic heterocycles. The van der Waals surface area contributed by atoms with Crippen LogP contribution in [0.1, 0.15) is 6.42 Å². The lowest BCUT2D eigenvalue weighted by Gasteiger charge is -2.08. The molecule has 2 rings (SSSR count). The molecular weight excluding hydrogens is 240 g/mol. The minimum atomic E-state index is -0.472. The average molecular weight is 252 g/mol. The van der Waals surface area contributed by atoms with E-state index in [2.05, 4.69) is 10.3 Å². The lowest BCUT2D eigenvalue weighted by atomic mass is 10.2. The van der Waals surface area contributed by atoms with E-state index in [0.29, 0.717) is 13.0 Å². The number of amides is 1. The average Bonchev–Trinajstić information content (AvgIpc) is 2.74. The van der Waals surface area contributed by atoms with Gasteiger partial charge in [-0.2, -0.15) is 0 Å². The third-order valence-electron chi connectivity index (χ3n) is 2.29. The maximum absolute atomic E-state index is 11.6. The zero-order valence-electron chi connectivity index (χ0n) is 9.09. The highest BCUT2D eigenvalue weighted by molar-refractivity contribution is 8.00. The summed E-state index contributed by atoms with van der Waals surface area (Å²) in [7, 11) is 0. The Morgan fingerprint density at radius 2 is 2.29 bits per heavy atom. The van der Waals surface area contributed by atoms with Crippen LogP contribution in [0.25, 0.3) is 0 Å². The highest BCUT2D eigenvalue weighted by Crippen LogP contribution is 2.16. The molecule has 2 heterocycles. The zero-order chi connectivity index (χ0) is 12.1. The minimum Gasteiger partial charge on any atom is -0.464 e. The van der Waals surface area contributed by atoms with Crippen molar-refractivity contribution in [3.63, 3.8) is 0 Å². The van der Waals surface area contributed by atoms with Gasteiger partial charge < -0.3 is 10.1 Å². The predicted molar refractivity (Wildman–Crippen MR) is 62.5 cm³/mol. The molecule has 1 aromatic heterocycles. The van der Waals surface area contributed by atoms with Crippen LogP contribution >= 0.6 is 11.8 Å². The van der Waals surface area contributed by atoms with Crippen molar-refractivity contribution in [2.24, 2.45) is 0 Å². The Morgan fingerprint density at radius 1 is 1.53 bits per heavy atom. The number of aromatic nitrogens is 1. The van der Waals surface area contributed by atoms with Crippen LogP contribution < -0.4 is 5.32 Å². The minimum absolute atomic E-state index is 0.157. The zero-order valence-corrected chi connectivity index (χ0v) is 9.90. The standard InChI is InChI=1S/C11H12N2O3S/c14-10(13-9-3-6-16-11(9)15)7-17-8-1-4-12-5-2-8/h1-2,4-5,9H,3,6-7H2,(H,13,14). The molecule has 90 valence electrons. The number of cyclic esters (lactones) is 1. The summed E-state index contributed by atoms with van der Waals surface area (Å²) in [5.74, 6) is -0.212. The molecule has 0 aliphatic carbocycles. The molecule has 1 fully saturated rings. The summed E-state index contributed by atoms with van der Waals surface area (Å²) >= 11 is 1.41. The first-order valence-corrected chi connectivity index (χ1v) is 6.23. The van der Waals surface area contributed by atoms with E-state index in [1.165, 1.54) is 11.8 Å². The van der Waals surface area contributed by atoms with E-state index in [9.17, 15) is 9.59 Å². The molecule has 1 unspecified atom stereocenters. The smallest absolute Gasteiger partial charge is 0.328 e. The quantitative estimate of drug-likeness (QED) is 0.628. The fraction of sp³-hybridized carbons (Fsp3) is 0.364. The van der Waals surface area contributed by atoms with E-state index in [0.717, 1.165) is 4.90 Å². The molecule has 0 spiro atoms. The van der Waals surface area contributed by atoms with Crippen molar-refractivity contribution in [2.75, 3.05) is 12.4 Å². The molecule has 1 amide bonds. The van der Waals surface area contributed by atoms with Gasteiger partial charge in [0, 0.05) is 23.7 Å². The topological polar surface area (TPSA) is 68.3 Å². The Bertz CT molecular complexity index is 410. The van der Waals surface area contributed by atoms with Crippen molar-refractivity contribution in [3.8, 4) is 0 Å². The Hall–Kier alpha value is -1.56. The Morgan fingerprint density at radius 3 is 2.94 bits per heavy atom. The van der Waals surface area contributed by atoms with Crippen LogP contribution in [-0.2, 0) is 14.3 Å². The number of nitrogens with zero attached hydrogens (tertiary/aromatic N) is 1. The number of carbonyl (C=O) groups excluding carboxylic acids is 2. The molecule has 0 saturated carbocycles. The van der Waals surface area contributed by atoms with Gasteiger partial charge in [0.05, 0.1) is 12.4 Å². The summed E-state index contributed by atoms with van der Waals surface area (Å²) < 4.78 is 4.76. The summed E-state index contributed by atoms with van der Waals surface area (Å²) in [6.07, 6.45) is 3.91. The van der Waals surface area contributed by atoms with E-state index in [4.69, 9.17) is 4.74 Å². The van der Waals surface area contributed by atoms with Crippen molar-refractivity contribution >= 4 is 23.6 Å². The van der Waals surface area contributed by atoms with Crippen molar-refractivity contribution in [1.82, 2.24) is 10.3 Å². The molecule has 0 aromatic carbocycles. The summed E-state index contributed by atoms with van der Waals surface area (Å²) in [6.45, 7) is 0.390. The van der Waals surface area contributed by atoms with Gasteiger partial charge in [0.2, 0.25) is 5.91 Å². The summed E-state index contributed by atoms with van der Waals surface area (Å²) in [5.41, 5.74) is 0. The van der Waals surface area contributed by atoms with Crippen LogP contribution in [0.5, 0.6) is 0 Å². The number of carbonyl (C=O) groups is 2. The molecule has 1 atom stereocenters. The van der Waals surface area contributed by atoms with Gasteiger partial charge >= 0.3 is 5.97 Å². The van der Waals surface area contributed by atoms with Gasteiger partial charge in [0.1, 0.15) is 6.04 Å². The van der Waals surface area contributed by atoms with Crippen molar-refractivity contribution in [2.45, 2.75) is 17.4 Å². The third-order valence-corrected chi connectivity index (χ3v) is 3.30. The molecule has 1 N–H and O–H groups in total. The number of hydrogen-bond acceptors (Lipinski definition) is 5. The number of hydrogen-bond donors (Lipinski definition) is 1. The normalized spacial score (nSPS) is 18.8. The van der Waals surface area contributed by atoms with Crippen LogP contribution in [0.3, 0.4) is 0 Å². The van der Waals surface area contributed by atoms with Crippen molar-refractivity contribution in [3.05, 3.63) is 24.5 Å². The van der Waals surface area contributed by atoms with Gasteiger partial charge in [-0.15, -0.1) is 11.8 Å². The number of esters is 1. The lowest BCUT2D eigenvalue weighted by Crippen LogP contribution is -2.38. The first-order valence-electron chi connectivity index (χ1n) is 5.24. The van der Waals surface area contributed by atoms with Gasteiger partial charge in [-0.25, -0.2) is 4.79 Å². The Kier molecular flexibility index (Phi) is 3.98. The number of rotatable bonds is 4. The van der Waals surface area contributed by atoms with Gasteiger partial charge in [-0.3, -0.25) is 9.78 Å².